The first-order chi connectivity index (χ1) is 65.5. The summed E-state index contributed by atoms with van der Waals surface area (Å²) in [4.78, 5) is 62.2. The van der Waals surface area contributed by atoms with Gasteiger partial charge >= 0.3 is 0 Å². The van der Waals surface area contributed by atoms with E-state index in [0.29, 0.717) is 78.0 Å². The molecule has 0 aliphatic carbocycles. The molecule has 135 heavy (non-hydrogen) atoms. The minimum absolute atomic E-state index is 0.0507. The summed E-state index contributed by atoms with van der Waals surface area (Å²) in [6, 6.07) is 0. The van der Waals surface area contributed by atoms with Gasteiger partial charge in [-0.3, -0.25) is 38.8 Å². The standard InChI is InChI=1S/C64H128N2O6.C55H110N2O6/c1-7-12-16-20-24-28-32-36-46-60(68)53-65(54-61(69)47-37-33-29-25-21-17-13-8-2)50-42-40-44-58(11-5)64(72)52-59(57(6)67)45-41-43-51-66(55-62(70)48-38-34-30-26-22-18-14-9-3)56-63(71)49-39-35-31-27-23-19-15-10-4;1-7-11-14-17-20-23-26-29-38-52(60)45-56(44-48(5)58)41-34-32-36-50(10-4)55(63)43-51(49(6)59)37-33-35-42-57(46-53(61)39-30-27-24-21-18-15-12-8-2)47-54(62)40-31-28-25-22-19-16-13-9-3/h58-63,68-71H,7-56H2,1-6H3;48,50-54,58,60-62H,7-47H2,1-6H3/t58-,59-,60-,61-,62-,63-;48-,50+,51+,52-,53-,54-/m10/s1. The Labute approximate surface area is 839 Å². The van der Waals surface area contributed by atoms with Gasteiger partial charge in [0.05, 0.1) is 48.8 Å². The van der Waals surface area contributed by atoms with Gasteiger partial charge in [0.2, 0.25) is 0 Å². The molecule has 16 nitrogen and oxygen atoms in total. The van der Waals surface area contributed by atoms with Crippen LogP contribution in [-0.2, 0) is 19.2 Å². The van der Waals surface area contributed by atoms with E-state index in [9.17, 15) is 60.0 Å². The van der Waals surface area contributed by atoms with Crippen molar-refractivity contribution in [1.82, 2.24) is 19.6 Å². The molecular weight excluding hydrogens is 1680 g/mol. The summed E-state index contributed by atoms with van der Waals surface area (Å²) in [7, 11) is 0. The van der Waals surface area contributed by atoms with Gasteiger partial charge in [0.25, 0.3) is 0 Å². The van der Waals surface area contributed by atoms with Crippen molar-refractivity contribution in [2.75, 3.05) is 78.5 Å². The molecule has 0 aromatic rings. The lowest BCUT2D eigenvalue weighted by Crippen LogP contribution is -2.38. The number of carbonyl (C=O) groups excluding carboxylic acids is 4. The Kier molecular flexibility index (Phi) is 102. The van der Waals surface area contributed by atoms with Crippen LogP contribution in [0.3, 0.4) is 0 Å². The van der Waals surface area contributed by atoms with E-state index in [4.69, 9.17) is 0 Å². The lowest BCUT2D eigenvalue weighted by molar-refractivity contribution is -0.129. The van der Waals surface area contributed by atoms with E-state index < -0.39 is 30.5 Å². The van der Waals surface area contributed by atoms with E-state index in [2.05, 4.69) is 81.9 Å². The van der Waals surface area contributed by atoms with Crippen molar-refractivity contribution in [3.05, 3.63) is 0 Å². The van der Waals surface area contributed by atoms with E-state index in [-0.39, 0.29) is 65.1 Å². The Bertz CT molecular complexity index is 2380. The van der Waals surface area contributed by atoms with Gasteiger partial charge in [-0.05, 0) is 156 Å². The number of nitrogens with zero attached hydrogens (tertiary/aromatic N) is 4. The number of carbonyl (C=O) groups is 4. The zero-order chi connectivity index (χ0) is 99.9. The zero-order valence-electron chi connectivity index (χ0n) is 92.3. The molecular formula is C119H238N4O12. The predicted molar refractivity (Wildman–Crippen MR) is 581 cm³/mol. The van der Waals surface area contributed by atoms with Crippen molar-refractivity contribution in [3.63, 3.8) is 0 Å². The Balaban J connectivity index is 0. The van der Waals surface area contributed by atoms with E-state index in [1.54, 1.807) is 20.8 Å². The third kappa shape index (κ3) is 91.9. The van der Waals surface area contributed by atoms with Gasteiger partial charge < -0.3 is 40.9 Å². The second-order valence-corrected chi connectivity index (χ2v) is 43.5. The second kappa shape index (κ2) is 102. The summed E-state index contributed by atoms with van der Waals surface area (Å²) in [5, 5.41) is 87.5. The molecule has 0 heterocycles. The highest BCUT2D eigenvalue weighted by Crippen LogP contribution is 2.28. The van der Waals surface area contributed by atoms with Crippen LogP contribution in [0.2, 0.25) is 0 Å². The van der Waals surface area contributed by atoms with Crippen LogP contribution in [0.5, 0.6) is 0 Å². The van der Waals surface area contributed by atoms with Crippen molar-refractivity contribution >= 4 is 23.1 Å². The largest absolute Gasteiger partial charge is 0.392 e. The normalized spacial score (nSPS) is 14.7. The van der Waals surface area contributed by atoms with Crippen LogP contribution in [0.15, 0.2) is 0 Å². The molecule has 0 aromatic heterocycles. The molecule has 0 aliphatic rings. The van der Waals surface area contributed by atoms with Crippen LogP contribution in [-0.4, -0.2) is 211 Å². The maximum absolute atomic E-state index is 13.8. The third-order valence-corrected chi connectivity index (χ3v) is 29.6. The number of Topliss-reactive ketones (excluding diaryl/α,β-unsaturated/α-hetero) is 4. The topological polar surface area (TPSA) is 243 Å². The lowest BCUT2D eigenvalue weighted by atomic mass is 9.85. The molecule has 0 unspecified atom stereocenters. The quantitative estimate of drug-likeness (QED) is 0.0264. The molecule has 8 N–H and O–H groups in total. The molecule has 0 radical (unpaired) electrons. The van der Waals surface area contributed by atoms with Gasteiger partial charge in [0.15, 0.2) is 0 Å². The molecule has 0 rings (SSSR count). The third-order valence-electron chi connectivity index (χ3n) is 29.6. The number of hydrogen-bond acceptors (Lipinski definition) is 16. The molecule has 806 valence electrons. The molecule has 0 fully saturated rings. The Morgan fingerprint density at radius 3 is 0.474 bits per heavy atom. The van der Waals surface area contributed by atoms with Gasteiger partial charge in [-0.1, -0.05) is 448 Å². The van der Waals surface area contributed by atoms with Gasteiger partial charge in [-0.2, -0.15) is 0 Å². The number of aliphatic hydroxyl groups is 8. The van der Waals surface area contributed by atoms with Crippen LogP contribution in [0, 0.1) is 23.7 Å². The van der Waals surface area contributed by atoms with E-state index in [0.717, 1.165) is 193 Å². The SMILES string of the molecule is CCCCCCCCCC[C@@H](O)CN(CCCC[C@H](CC(=O)[C@H](CC)CCCCN(C[C@H](O)CCCCCCCCCC)C[C@H](O)CCCCCCCCCC)C(C)=O)C[C@H](O)CCCCCCCCCC.CCCCCCCCCC[C@H](O)CN(CCCC[C@H](CC(=O)[C@H](CC)CCCCN(C[C@@H](O)CCCCCCCCCC)C[C@H](C)O)C(C)=O)C[C@@H](O)CCCCCCCCCC. The van der Waals surface area contributed by atoms with Crippen LogP contribution in [0.1, 0.15) is 590 Å². The minimum Gasteiger partial charge on any atom is -0.392 e. The van der Waals surface area contributed by atoms with Crippen molar-refractivity contribution < 1.29 is 60.0 Å². The van der Waals surface area contributed by atoms with Crippen molar-refractivity contribution in [3.8, 4) is 0 Å². The summed E-state index contributed by atoms with van der Waals surface area (Å²) in [5.41, 5.74) is 0. The first kappa shape index (κ1) is 135. The van der Waals surface area contributed by atoms with Gasteiger partial charge in [0, 0.05) is 88.9 Å². The fraction of sp³-hybridized carbons (Fsp3) is 0.966. The summed E-state index contributed by atoms with van der Waals surface area (Å²) < 4.78 is 0. The molecule has 0 saturated carbocycles. The first-order valence-corrected chi connectivity index (χ1v) is 59.9. The highest BCUT2D eigenvalue weighted by Gasteiger charge is 2.28. The van der Waals surface area contributed by atoms with Gasteiger partial charge in [-0.25, -0.2) is 0 Å². The number of hydrogen-bond donors (Lipinski definition) is 8. The van der Waals surface area contributed by atoms with E-state index in [1.165, 1.54) is 315 Å². The van der Waals surface area contributed by atoms with Crippen molar-refractivity contribution in [2.45, 2.75) is 639 Å². The highest BCUT2D eigenvalue weighted by molar-refractivity contribution is 5.88. The fourth-order valence-corrected chi connectivity index (χ4v) is 20.5. The summed E-state index contributed by atoms with van der Waals surface area (Å²) in [6.07, 6.45) is 84.7. The maximum Gasteiger partial charge on any atom is 0.136 e. The number of aliphatic hydroxyl groups excluding tert-OH is 8. The Morgan fingerprint density at radius 2 is 0.326 bits per heavy atom. The monoisotopic (exact) mass is 1920 g/mol. The van der Waals surface area contributed by atoms with E-state index >= 15 is 0 Å². The van der Waals surface area contributed by atoms with Crippen molar-refractivity contribution in [1.29, 1.82) is 0 Å². The summed E-state index contributed by atoms with van der Waals surface area (Å²) >= 11 is 0. The van der Waals surface area contributed by atoms with Crippen LogP contribution < -0.4 is 0 Å². The molecule has 0 amide bonds. The summed E-state index contributed by atoms with van der Waals surface area (Å²) in [5.74, 6) is -0.0181. The van der Waals surface area contributed by atoms with Crippen molar-refractivity contribution in [2.24, 2.45) is 23.7 Å². The number of rotatable bonds is 109. The smallest absolute Gasteiger partial charge is 0.136 e. The van der Waals surface area contributed by atoms with Crippen LogP contribution in [0.25, 0.3) is 0 Å². The Hall–Kier alpha value is -1.80. The first-order valence-electron chi connectivity index (χ1n) is 59.9. The Morgan fingerprint density at radius 1 is 0.185 bits per heavy atom. The molecule has 0 aliphatic heterocycles. The predicted octanol–water partition coefficient (Wildman–Crippen LogP) is 29.9. The van der Waals surface area contributed by atoms with Gasteiger partial charge in [0.1, 0.15) is 23.1 Å². The van der Waals surface area contributed by atoms with Crippen LogP contribution in [0.4, 0.5) is 0 Å². The molecule has 0 saturated heterocycles. The van der Waals surface area contributed by atoms with E-state index in [1.807, 2.05) is 0 Å². The summed E-state index contributed by atoms with van der Waals surface area (Å²) in [6.45, 7) is 32.8. The average molecular weight is 1920 g/mol. The number of unbranched alkanes of at least 4 members (excludes halogenated alkanes) is 53. The molecule has 0 spiro atoms. The lowest BCUT2D eigenvalue weighted by Gasteiger charge is -2.28. The van der Waals surface area contributed by atoms with Gasteiger partial charge in [-0.15, -0.1) is 0 Å². The van der Waals surface area contributed by atoms with Crippen LogP contribution >= 0.6 is 0 Å². The molecule has 12 atom stereocenters. The molecule has 0 aromatic carbocycles. The highest BCUT2D eigenvalue weighted by atomic mass is 16.3. The molecule has 0 bridgehead atoms. The number of ketones is 4. The second-order valence-electron chi connectivity index (χ2n) is 43.5. The average Bonchev–Trinajstić information content (AvgIpc) is 0.903. The minimum atomic E-state index is -0.454. The maximum atomic E-state index is 13.8. The fourth-order valence-electron chi connectivity index (χ4n) is 20.5. The zero-order valence-corrected chi connectivity index (χ0v) is 92.3. The molecule has 16 heteroatoms.